The lowest BCUT2D eigenvalue weighted by Gasteiger charge is -2.31. The molecule has 31 heavy (non-hydrogen) atoms. The zero-order valence-electron chi connectivity index (χ0n) is 18.5. The van der Waals surface area contributed by atoms with Gasteiger partial charge in [0.1, 0.15) is 6.04 Å². The fraction of sp³-hybridized carbons (Fsp3) is 0.417. The van der Waals surface area contributed by atoms with Crippen LogP contribution in [0.4, 0.5) is 0 Å². The quantitative estimate of drug-likeness (QED) is 0.462. The average Bonchev–Trinajstić information content (AvgIpc) is 2.69. The number of carbonyl (C=O) groups excluding carboxylic acids is 2. The van der Waals surface area contributed by atoms with Gasteiger partial charge in [-0.15, -0.1) is 11.8 Å². The van der Waals surface area contributed by atoms with E-state index in [0.29, 0.717) is 28.8 Å². The standard InChI is InChI=1S/C24H30Cl2N2O2S/c1-5-22(24(30)27-16(2)3)28(13-18-8-6-7-17(4)11-18)23(29)15-31-14-19-9-10-20(25)12-21(19)26/h6-12,16,22H,5,13-15H2,1-4H3,(H,27,30). The minimum Gasteiger partial charge on any atom is -0.352 e. The molecule has 7 heteroatoms. The van der Waals surface area contributed by atoms with Gasteiger partial charge < -0.3 is 10.2 Å². The maximum Gasteiger partial charge on any atom is 0.243 e. The monoisotopic (exact) mass is 480 g/mol. The van der Waals surface area contributed by atoms with Crippen LogP contribution in [0.2, 0.25) is 10.0 Å². The molecular weight excluding hydrogens is 451 g/mol. The number of amides is 2. The molecule has 1 atom stereocenters. The van der Waals surface area contributed by atoms with E-state index in [0.717, 1.165) is 16.7 Å². The summed E-state index contributed by atoms with van der Waals surface area (Å²) in [6, 6.07) is 12.9. The molecule has 0 aromatic heterocycles. The molecule has 2 rings (SSSR count). The van der Waals surface area contributed by atoms with Crippen molar-refractivity contribution in [2.45, 2.75) is 58.5 Å². The summed E-state index contributed by atoms with van der Waals surface area (Å²) in [5.41, 5.74) is 3.06. The highest BCUT2D eigenvalue weighted by Gasteiger charge is 2.28. The summed E-state index contributed by atoms with van der Waals surface area (Å²) in [5, 5.41) is 4.13. The molecule has 0 aliphatic rings. The second-order valence-electron chi connectivity index (χ2n) is 7.83. The van der Waals surface area contributed by atoms with E-state index < -0.39 is 6.04 Å². The number of aryl methyl sites for hydroxylation is 1. The number of rotatable bonds is 10. The van der Waals surface area contributed by atoms with Gasteiger partial charge in [0, 0.05) is 28.4 Å². The van der Waals surface area contributed by atoms with Crippen molar-refractivity contribution in [3.63, 3.8) is 0 Å². The van der Waals surface area contributed by atoms with Crippen LogP contribution in [-0.2, 0) is 21.9 Å². The van der Waals surface area contributed by atoms with Crippen LogP contribution in [0.25, 0.3) is 0 Å². The van der Waals surface area contributed by atoms with Crippen LogP contribution in [0.15, 0.2) is 42.5 Å². The minimum absolute atomic E-state index is 0.0129. The molecule has 0 aliphatic heterocycles. The van der Waals surface area contributed by atoms with E-state index in [1.165, 1.54) is 11.8 Å². The van der Waals surface area contributed by atoms with Gasteiger partial charge >= 0.3 is 0 Å². The third-order valence-corrected chi connectivity index (χ3v) is 6.30. The van der Waals surface area contributed by atoms with Crippen LogP contribution in [0.3, 0.4) is 0 Å². The minimum atomic E-state index is -0.518. The van der Waals surface area contributed by atoms with E-state index in [1.54, 1.807) is 17.0 Å². The number of hydrogen-bond donors (Lipinski definition) is 1. The first-order valence-electron chi connectivity index (χ1n) is 10.4. The van der Waals surface area contributed by atoms with Crippen molar-refractivity contribution in [3.05, 3.63) is 69.2 Å². The summed E-state index contributed by atoms with van der Waals surface area (Å²) < 4.78 is 0. The molecule has 0 aliphatic carbocycles. The Morgan fingerprint density at radius 3 is 2.48 bits per heavy atom. The van der Waals surface area contributed by atoms with Crippen LogP contribution in [0.5, 0.6) is 0 Å². The van der Waals surface area contributed by atoms with E-state index in [1.807, 2.05) is 58.0 Å². The highest BCUT2D eigenvalue weighted by Crippen LogP contribution is 2.25. The number of hydrogen-bond acceptors (Lipinski definition) is 3. The summed E-state index contributed by atoms with van der Waals surface area (Å²) in [6.45, 7) is 8.19. The van der Waals surface area contributed by atoms with Gasteiger partial charge in [0.25, 0.3) is 0 Å². The number of nitrogens with one attached hydrogen (secondary N) is 1. The molecule has 0 saturated carbocycles. The van der Waals surface area contributed by atoms with Crippen LogP contribution >= 0.6 is 35.0 Å². The van der Waals surface area contributed by atoms with Crippen LogP contribution in [0, 0.1) is 6.92 Å². The first-order chi connectivity index (χ1) is 14.7. The lowest BCUT2D eigenvalue weighted by molar-refractivity contribution is -0.139. The maximum absolute atomic E-state index is 13.2. The van der Waals surface area contributed by atoms with E-state index in [2.05, 4.69) is 5.32 Å². The molecule has 4 nitrogen and oxygen atoms in total. The fourth-order valence-electron chi connectivity index (χ4n) is 3.28. The Hall–Kier alpha value is -1.69. The number of nitrogens with zero attached hydrogens (tertiary/aromatic N) is 1. The molecule has 0 radical (unpaired) electrons. The fourth-order valence-corrected chi connectivity index (χ4v) is 4.75. The number of thioether (sulfide) groups is 1. The first-order valence-corrected chi connectivity index (χ1v) is 12.3. The van der Waals surface area contributed by atoms with Crippen LogP contribution < -0.4 is 5.32 Å². The molecule has 1 N–H and O–H groups in total. The van der Waals surface area contributed by atoms with Crippen molar-refractivity contribution in [2.24, 2.45) is 0 Å². The van der Waals surface area contributed by atoms with Gasteiger partial charge in [-0.05, 0) is 50.5 Å². The van der Waals surface area contributed by atoms with Crippen molar-refractivity contribution in [3.8, 4) is 0 Å². The molecule has 0 fully saturated rings. The van der Waals surface area contributed by atoms with Crippen molar-refractivity contribution < 1.29 is 9.59 Å². The Bertz CT molecular complexity index is 905. The van der Waals surface area contributed by atoms with Gasteiger partial charge in [0.15, 0.2) is 0 Å². The smallest absolute Gasteiger partial charge is 0.243 e. The molecule has 0 bridgehead atoms. The maximum atomic E-state index is 13.2. The van der Waals surface area contributed by atoms with Gasteiger partial charge in [-0.1, -0.05) is 66.0 Å². The van der Waals surface area contributed by atoms with E-state index in [4.69, 9.17) is 23.2 Å². The molecule has 0 spiro atoms. The Morgan fingerprint density at radius 2 is 1.87 bits per heavy atom. The summed E-state index contributed by atoms with van der Waals surface area (Å²) in [4.78, 5) is 27.7. The molecule has 2 aromatic carbocycles. The van der Waals surface area contributed by atoms with Crippen molar-refractivity contribution >= 4 is 46.8 Å². The highest BCUT2D eigenvalue weighted by molar-refractivity contribution is 7.99. The highest BCUT2D eigenvalue weighted by atomic mass is 35.5. The second kappa shape index (κ2) is 12.4. The van der Waals surface area contributed by atoms with Gasteiger partial charge in [0.2, 0.25) is 11.8 Å². The Labute approximate surface area is 199 Å². The summed E-state index contributed by atoms with van der Waals surface area (Å²) in [7, 11) is 0. The number of benzene rings is 2. The molecule has 0 heterocycles. The number of halogens is 2. The van der Waals surface area contributed by atoms with Gasteiger partial charge in [-0.3, -0.25) is 9.59 Å². The molecule has 2 aromatic rings. The van der Waals surface area contributed by atoms with Crippen LogP contribution in [0.1, 0.15) is 43.9 Å². The van der Waals surface area contributed by atoms with Gasteiger partial charge in [-0.2, -0.15) is 0 Å². The second-order valence-corrected chi connectivity index (χ2v) is 9.66. The topological polar surface area (TPSA) is 49.4 Å². The molecule has 0 saturated heterocycles. The van der Waals surface area contributed by atoms with Gasteiger partial charge in [-0.25, -0.2) is 0 Å². The van der Waals surface area contributed by atoms with E-state index in [9.17, 15) is 9.59 Å². The lowest BCUT2D eigenvalue weighted by atomic mass is 10.1. The summed E-state index contributed by atoms with van der Waals surface area (Å²) in [5.74, 6) is 0.664. The Balaban J connectivity index is 2.15. The molecule has 1 unspecified atom stereocenters. The molecule has 168 valence electrons. The van der Waals surface area contributed by atoms with Gasteiger partial charge in [0.05, 0.1) is 5.75 Å². The zero-order chi connectivity index (χ0) is 23.0. The van der Waals surface area contributed by atoms with Crippen molar-refractivity contribution in [2.75, 3.05) is 5.75 Å². The molecule has 2 amide bonds. The Kier molecular flexibility index (Phi) is 10.2. The third-order valence-electron chi connectivity index (χ3n) is 4.75. The predicted molar refractivity (Wildman–Crippen MR) is 132 cm³/mol. The lowest BCUT2D eigenvalue weighted by Crippen LogP contribution is -2.50. The normalized spacial score (nSPS) is 12.0. The summed E-state index contributed by atoms with van der Waals surface area (Å²) in [6.07, 6.45) is 0.545. The SMILES string of the molecule is CCC(C(=O)NC(C)C)N(Cc1cccc(C)c1)C(=O)CSCc1ccc(Cl)cc1Cl. The summed E-state index contributed by atoms with van der Waals surface area (Å²) >= 11 is 13.7. The van der Waals surface area contributed by atoms with Crippen molar-refractivity contribution in [1.29, 1.82) is 0 Å². The van der Waals surface area contributed by atoms with Crippen LogP contribution in [-0.4, -0.2) is 34.6 Å². The van der Waals surface area contributed by atoms with E-state index in [-0.39, 0.29) is 23.6 Å². The average molecular weight is 481 g/mol. The first kappa shape index (κ1) is 25.6. The number of carbonyl (C=O) groups is 2. The zero-order valence-corrected chi connectivity index (χ0v) is 20.8. The molecular formula is C24H30Cl2N2O2S. The van der Waals surface area contributed by atoms with Crippen molar-refractivity contribution in [1.82, 2.24) is 10.2 Å². The largest absolute Gasteiger partial charge is 0.352 e. The third kappa shape index (κ3) is 8.06. The Morgan fingerprint density at radius 1 is 1.13 bits per heavy atom. The predicted octanol–water partition coefficient (Wildman–Crippen LogP) is 5.87. The van der Waals surface area contributed by atoms with E-state index >= 15 is 0 Å².